The van der Waals surface area contributed by atoms with E-state index < -0.39 is 0 Å². The van der Waals surface area contributed by atoms with Crippen LogP contribution in [0.15, 0.2) is 48.5 Å². The minimum Gasteiger partial charge on any atom is -0.497 e. The molecule has 0 N–H and O–H groups in total. The fraction of sp³-hybridized carbons (Fsp3) is 0.350. The molecule has 1 atom stereocenters. The number of esters is 1. The van der Waals surface area contributed by atoms with Crippen LogP contribution in [0, 0.1) is 0 Å². The summed E-state index contributed by atoms with van der Waals surface area (Å²) in [7, 11) is 3.13. The van der Waals surface area contributed by atoms with Crippen LogP contribution in [0.25, 0.3) is 0 Å². The molecular weight excluding hydrogens is 302 g/mol. The van der Waals surface area contributed by atoms with Gasteiger partial charge in [0.1, 0.15) is 5.75 Å². The standard InChI is InChI=1S/C20H23NO3/c1-23-18-8-9-19-16(10-18)13-21(12-15-6-4-3-5-7-15)14-17(19)11-20(22)24-2/h3-10,17H,11-14H2,1-2H3. The van der Waals surface area contributed by atoms with Crippen molar-refractivity contribution in [2.24, 2.45) is 0 Å². The molecule has 1 aliphatic heterocycles. The minimum absolute atomic E-state index is 0.149. The van der Waals surface area contributed by atoms with Crippen molar-refractivity contribution in [3.63, 3.8) is 0 Å². The molecule has 2 aromatic carbocycles. The molecule has 0 bridgehead atoms. The van der Waals surface area contributed by atoms with Crippen LogP contribution in [0.4, 0.5) is 0 Å². The Bertz CT molecular complexity index is 699. The van der Waals surface area contributed by atoms with Crippen molar-refractivity contribution >= 4 is 5.97 Å². The maximum Gasteiger partial charge on any atom is 0.306 e. The Kier molecular flexibility index (Phi) is 5.16. The summed E-state index contributed by atoms with van der Waals surface area (Å²) in [4.78, 5) is 14.2. The second kappa shape index (κ2) is 7.49. The molecule has 0 saturated carbocycles. The van der Waals surface area contributed by atoms with Crippen molar-refractivity contribution in [1.29, 1.82) is 0 Å². The number of hydrogen-bond acceptors (Lipinski definition) is 4. The molecular formula is C20H23NO3. The van der Waals surface area contributed by atoms with E-state index in [4.69, 9.17) is 9.47 Å². The maximum absolute atomic E-state index is 11.8. The van der Waals surface area contributed by atoms with Gasteiger partial charge in [-0.15, -0.1) is 0 Å². The topological polar surface area (TPSA) is 38.8 Å². The zero-order chi connectivity index (χ0) is 16.9. The molecule has 1 heterocycles. The average Bonchev–Trinajstić information content (AvgIpc) is 2.61. The monoisotopic (exact) mass is 325 g/mol. The number of methoxy groups -OCH3 is 2. The Morgan fingerprint density at radius 1 is 1.17 bits per heavy atom. The first-order chi connectivity index (χ1) is 11.7. The van der Waals surface area contributed by atoms with Crippen LogP contribution in [0.5, 0.6) is 5.75 Å². The third-order valence-electron chi connectivity index (χ3n) is 4.55. The van der Waals surface area contributed by atoms with Crippen molar-refractivity contribution in [2.75, 3.05) is 20.8 Å². The third kappa shape index (κ3) is 3.77. The van der Waals surface area contributed by atoms with Gasteiger partial charge in [0.15, 0.2) is 0 Å². The van der Waals surface area contributed by atoms with Crippen molar-refractivity contribution in [3.8, 4) is 5.75 Å². The fourth-order valence-corrected chi connectivity index (χ4v) is 3.38. The Morgan fingerprint density at radius 3 is 2.67 bits per heavy atom. The molecule has 2 aromatic rings. The molecule has 0 spiro atoms. The van der Waals surface area contributed by atoms with Gasteiger partial charge in [-0.1, -0.05) is 36.4 Å². The lowest BCUT2D eigenvalue weighted by Gasteiger charge is -2.34. The van der Waals surface area contributed by atoms with Crippen LogP contribution in [0.3, 0.4) is 0 Å². The molecule has 0 fully saturated rings. The normalized spacial score (nSPS) is 17.2. The Morgan fingerprint density at radius 2 is 1.96 bits per heavy atom. The van der Waals surface area contributed by atoms with Crippen molar-refractivity contribution in [3.05, 3.63) is 65.2 Å². The zero-order valence-corrected chi connectivity index (χ0v) is 14.2. The minimum atomic E-state index is -0.164. The summed E-state index contributed by atoms with van der Waals surface area (Å²) in [5.41, 5.74) is 3.73. The number of ether oxygens (including phenoxy) is 2. The Balaban J connectivity index is 1.85. The zero-order valence-electron chi connectivity index (χ0n) is 14.2. The van der Waals surface area contributed by atoms with E-state index in [0.717, 1.165) is 25.4 Å². The highest BCUT2D eigenvalue weighted by atomic mass is 16.5. The van der Waals surface area contributed by atoms with Gasteiger partial charge in [0.05, 0.1) is 20.6 Å². The van der Waals surface area contributed by atoms with Crippen molar-refractivity contribution < 1.29 is 14.3 Å². The van der Waals surface area contributed by atoms with E-state index in [1.807, 2.05) is 12.1 Å². The molecule has 3 rings (SSSR count). The molecule has 1 aliphatic rings. The van der Waals surface area contributed by atoms with E-state index in [9.17, 15) is 4.79 Å². The fourth-order valence-electron chi connectivity index (χ4n) is 3.38. The second-order valence-corrected chi connectivity index (χ2v) is 6.20. The number of rotatable bonds is 5. The number of carbonyl (C=O) groups excluding carboxylic acids is 1. The molecule has 0 radical (unpaired) electrons. The first-order valence-corrected chi connectivity index (χ1v) is 8.19. The number of fused-ring (bicyclic) bond motifs is 1. The van der Waals surface area contributed by atoms with Crippen LogP contribution in [0.2, 0.25) is 0 Å². The van der Waals surface area contributed by atoms with Gasteiger partial charge in [0.2, 0.25) is 0 Å². The number of benzene rings is 2. The molecule has 1 unspecified atom stereocenters. The predicted molar refractivity (Wildman–Crippen MR) is 92.9 cm³/mol. The summed E-state index contributed by atoms with van der Waals surface area (Å²) in [5.74, 6) is 0.839. The van der Waals surface area contributed by atoms with Gasteiger partial charge in [-0.2, -0.15) is 0 Å². The van der Waals surface area contributed by atoms with Crippen molar-refractivity contribution in [1.82, 2.24) is 4.90 Å². The van der Waals surface area contributed by atoms with E-state index in [-0.39, 0.29) is 11.9 Å². The summed E-state index contributed by atoms with van der Waals surface area (Å²) >= 11 is 0. The summed E-state index contributed by atoms with van der Waals surface area (Å²) < 4.78 is 10.2. The maximum atomic E-state index is 11.8. The molecule has 4 nitrogen and oxygen atoms in total. The van der Waals surface area contributed by atoms with Gasteiger partial charge < -0.3 is 9.47 Å². The summed E-state index contributed by atoms with van der Waals surface area (Å²) in [6.45, 7) is 2.58. The highest BCUT2D eigenvalue weighted by molar-refractivity contribution is 5.70. The van der Waals surface area contributed by atoms with Crippen LogP contribution in [-0.4, -0.2) is 31.6 Å². The van der Waals surface area contributed by atoms with Gasteiger partial charge in [-0.25, -0.2) is 0 Å². The van der Waals surface area contributed by atoms with Crippen molar-refractivity contribution in [2.45, 2.75) is 25.4 Å². The average molecular weight is 325 g/mol. The van der Waals surface area contributed by atoms with E-state index >= 15 is 0 Å². The molecule has 4 heteroatoms. The lowest BCUT2D eigenvalue weighted by Crippen LogP contribution is -2.34. The third-order valence-corrected chi connectivity index (χ3v) is 4.55. The van der Waals surface area contributed by atoms with E-state index in [1.54, 1.807) is 7.11 Å². The number of nitrogens with zero attached hydrogens (tertiary/aromatic N) is 1. The summed E-state index contributed by atoms with van der Waals surface area (Å²) in [5, 5.41) is 0. The molecule has 0 amide bonds. The van der Waals surface area contributed by atoms with Crippen LogP contribution in [0.1, 0.15) is 29.0 Å². The number of carbonyl (C=O) groups is 1. The van der Waals surface area contributed by atoms with Gasteiger partial charge in [-0.05, 0) is 28.8 Å². The molecule has 126 valence electrons. The van der Waals surface area contributed by atoms with Crippen LogP contribution >= 0.6 is 0 Å². The van der Waals surface area contributed by atoms with Gasteiger partial charge >= 0.3 is 5.97 Å². The highest BCUT2D eigenvalue weighted by Gasteiger charge is 2.27. The van der Waals surface area contributed by atoms with E-state index in [1.165, 1.54) is 23.8 Å². The quantitative estimate of drug-likeness (QED) is 0.790. The lowest BCUT2D eigenvalue weighted by atomic mass is 9.87. The largest absolute Gasteiger partial charge is 0.497 e. The highest BCUT2D eigenvalue weighted by Crippen LogP contribution is 2.34. The molecule has 0 saturated heterocycles. The molecule has 0 aromatic heterocycles. The van der Waals surface area contributed by atoms with Gasteiger partial charge in [0, 0.05) is 25.6 Å². The van der Waals surface area contributed by atoms with Gasteiger partial charge in [-0.3, -0.25) is 9.69 Å². The van der Waals surface area contributed by atoms with Crippen LogP contribution < -0.4 is 4.74 Å². The Hall–Kier alpha value is -2.33. The first kappa shape index (κ1) is 16.5. The summed E-state index contributed by atoms with van der Waals surface area (Å²) in [6, 6.07) is 16.5. The van der Waals surface area contributed by atoms with Gasteiger partial charge in [0.25, 0.3) is 0 Å². The molecule has 24 heavy (non-hydrogen) atoms. The predicted octanol–water partition coefficient (Wildman–Crippen LogP) is 3.36. The Labute approximate surface area is 143 Å². The smallest absolute Gasteiger partial charge is 0.306 e. The van der Waals surface area contributed by atoms with Crippen LogP contribution in [-0.2, 0) is 22.6 Å². The van der Waals surface area contributed by atoms with E-state index in [0.29, 0.717) is 6.42 Å². The number of hydrogen-bond donors (Lipinski definition) is 0. The first-order valence-electron chi connectivity index (χ1n) is 8.19. The van der Waals surface area contributed by atoms with E-state index in [2.05, 4.69) is 41.3 Å². The molecule has 0 aliphatic carbocycles. The second-order valence-electron chi connectivity index (χ2n) is 6.20. The SMILES string of the molecule is COC(=O)CC1CN(Cc2ccccc2)Cc2cc(OC)ccc21. The lowest BCUT2D eigenvalue weighted by molar-refractivity contribution is -0.141. The summed E-state index contributed by atoms with van der Waals surface area (Å²) in [6.07, 6.45) is 0.404.